The van der Waals surface area contributed by atoms with Crippen LogP contribution in [0.1, 0.15) is 45.4 Å². The second-order valence-electron chi connectivity index (χ2n) is 4.63. The van der Waals surface area contributed by atoms with Crippen molar-refractivity contribution in [1.82, 2.24) is 10.2 Å². The predicted octanol–water partition coefficient (Wildman–Crippen LogP) is 2.14. The number of nitriles is 1. The monoisotopic (exact) mass is 223 g/mol. The van der Waals surface area contributed by atoms with E-state index < -0.39 is 0 Å². The minimum atomic E-state index is 0.156. The summed E-state index contributed by atoms with van der Waals surface area (Å²) in [5.74, 6) is 0. The minimum absolute atomic E-state index is 0.156. The van der Waals surface area contributed by atoms with Crippen LogP contribution in [0.3, 0.4) is 0 Å². The van der Waals surface area contributed by atoms with E-state index in [2.05, 4.69) is 23.2 Å². The van der Waals surface area contributed by atoms with Crippen LogP contribution in [0.4, 0.5) is 0 Å². The summed E-state index contributed by atoms with van der Waals surface area (Å²) >= 11 is 0. The van der Waals surface area contributed by atoms with Gasteiger partial charge in [0.2, 0.25) is 0 Å². The van der Waals surface area contributed by atoms with E-state index in [0.29, 0.717) is 0 Å². The van der Waals surface area contributed by atoms with Crippen molar-refractivity contribution >= 4 is 0 Å². The van der Waals surface area contributed by atoms with Crippen LogP contribution in [0.2, 0.25) is 0 Å². The van der Waals surface area contributed by atoms with E-state index in [1.54, 1.807) is 0 Å². The van der Waals surface area contributed by atoms with Crippen LogP contribution in [0.25, 0.3) is 0 Å². The van der Waals surface area contributed by atoms with Gasteiger partial charge in [-0.25, -0.2) is 0 Å². The van der Waals surface area contributed by atoms with Gasteiger partial charge >= 0.3 is 0 Å². The van der Waals surface area contributed by atoms with Crippen molar-refractivity contribution < 1.29 is 0 Å². The van der Waals surface area contributed by atoms with Crippen molar-refractivity contribution in [3.8, 4) is 6.07 Å². The fourth-order valence-corrected chi connectivity index (χ4v) is 2.26. The van der Waals surface area contributed by atoms with Crippen molar-refractivity contribution in [2.45, 2.75) is 51.5 Å². The van der Waals surface area contributed by atoms with Crippen LogP contribution in [0.5, 0.6) is 0 Å². The first-order valence-electron chi connectivity index (χ1n) is 6.73. The topological polar surface area (TPSA) is 39.1 Å². The summed E-state index contributed by atoms with van der Waals surface area (Å²) in [5.41, 5.74) is 0. The van der Waals surface area contributed by atoms with Gasteiger partial charge in [0, 0.05) is 26.2 Å². The van der Waals surface area contributed by atoms with E-state index >= 15 is 0 Å². The maximum Gasteiger partial charge on any atom is 0.0978 e. The molecule has 0 saturated carbocycles. The standard InChI is InChI=1S/C13H25N3/c1-2-3-4-5-6-7-13(12-14)16-10-8-15-9-11-16/h13,15H,2-11H2,1H3. The summed E-state index contributed by atoms with van der Waals surface area (Å²) in [6, 6.07) is 2.62. The third kappa shape index (κ3) is 4.96. The normalized spacial score (nSPS) is 19.2. The average molecular weight is 223 g/mol. The SMILES string of the molecule is CCCCCCCC(C#N)N1CCNCC1. The number of nitrogens with one attached hydrogen (secondary N) is 1. The highest BCUT2D eigenvalue weighted by molar-refractivity contribution is 4.93. The minimum Gasteiger partial charge on any atom is -0.314 e. The molecule has 1 atom stereocenters. The molecule has 0 bridgehead atoms. The molecule has 0 aliphatic carbocycles. The Morgan fingerprint density at radius 3 is 2.50 bits per heavy atom. The largest absolute Gasteiger partial charge is 0.314 e. The Hall–Kier alpha value is -0.590. The van der Waals surface area contributed by atoms with E-state index in [1.807, 2.05) is 0 Å². The van der Waals surface area contributed by atoms with Crippen molar-refractivity contribution in [2.24, 2.45) is 0 Å². The predicted molar refractivity (Wildman–Crippen MR) is 67.2 cm³/mol. The molecule has 1 rings (SSSR count). The van der Waals surface area contributed by atoms with Crippen LogP contribution in [-0.4, -0.2) is 37.1 Å². The quantitative estimate of drug-likeness (QED) is 0.672. The van der Waals surface area contributed by atoms with Gasteiger partial charge in [-0.3, -0.25) is 4.90 Å². The Morgan fingerprint density at radius 1 is 1.19 bits per heavy atom. The van der Waals surface area contributed by atoms with Crippen molar-refractivity contribution in [3.63, 3.8) is 0 Å². The molecular formula is C13H25N3. The molecule has 3 heteroatoms. The lowest BCUT2D eigenvalue weighted by atomic mass is 10.1. The van der Waals surface area contributed by atoms with Gasteiger partial charge in [0.25, 0.3) is 0 Å². The molecule has 1 N–H and O–H groups in total. The highest BCUT2D eigenvalue weighted by atomic mass is 15.2. The number of nitrogens with zero attached hydrogens (tertiary/aromatic N) is 2. The Kier molecular flexibility index (Phi) is 7.20. The molecule has 0 aromatic carbocycles. The Labute approximate surface area is 99.8 Å². The molecule has 16 heavy (non-hydrogen) atoms. The highest BCUT2D eigenvalue weighted by Crippen LogP contribution is 2.11. The first-order valence-corrected chi connectivity index (χ1v) is 6.73. The number of unbranched alkanes of at least 4 members (excludes halogenated alkanes) is 4. The molecule has 0 aromatic heterocycles. The maximum atomic E-state index is 9.17. The molecule has 1 aliphatic heterocycles. The molecule has 3 nitrogen and oxygen atoms in total. The van der Waals surface area contributed by atoms with Crippen LogP contribution in [-0.2, 0) is 0 Å². The molecule has 0 amide bonds. The number of rotatable bonds is 7. The lowest BCUT2D eigenvalue weighted by Crippen LogP contribution is -2.47. The van der Waals surface area contributed by atoms with E-state index in [9.17, 15) is 0 Å². The lowest BCUT2D eigenvalue weighted by molar-refractivity contribution is 0.196. The molecule has 1 saturated heterocycles. The molecule has 1 unspecified atom stereocenters. The van der Waals surface area contributed by atoms with Gasteiger partial charge in [0.1, 0.15) is 0 Å². The summed E-state index contributed by atoms with van der Waals surface area (Å²) in [6.07, 6.45) is 7.51. The van der Waals surface area contributed by atoms with Gasteiger partial charge in [-0.2, -0.15) is 5.26 Å². The number of piperazine rings is 1. The first kappa shape index (κ1) is 13.5. The summed E-state index contributed by atoms with van der Waals surface area (Å²) in [7, 11) is 0. The molecule has 1 heterocycles. The van der Waals surface area contributed by atoms with Gasteiger partial charge in [0.05, 0.1) is 12.1 Å². The molecule has 1 aliphatic rings. The van der Waals surface area contributed by atoms with Gasteiger partial charge in [0.15, 0.2) is 0 Å². The van der Waals surface area contributed by atoms with E-state index in [0.717, 1.165) is 32.6 Å². The van der Waals surface area contributed by atoms with Gasteiger partial charge in [-0.05, 0) is 6.42 Å². The zero-order chi connectivity index (χ0) is 11.6. The van der Waals surface area contributed by atoms with Crippen molar-refractivity contribution in [1.29, 1.82) is 5.26 Å². The van der Waals surface area contributed by atoms with E-state index in [-0.39, 0.29) is 6.04 Å². The molecule has 0 aromatic rings. The van der Waals surface area contributed by atoms with Crippen molar-refractivity contribution in [3.05, 3.63) is 0 Å². The van der Waals surface area contributed by atoms with E-state index in [1.165, 1.54) is 32.1 Å². The van der Waals surface area contributed by atoms with Gasteiger partial charge in [-0.1, -0.05) is 39.0 Å². The second-order valence-corrected chi connectivity index (χ2v) is 4.63. The fraction of sp³-hybridized carbons (Fsp3) is 0.923. The molecule has 92 valence electrons. The summed E-state index contributed by atoms with van der Waals surface area (Å²) in [5, 5.41) is 12.5. The number of hydrogen-bond donors (Lipinski definition) is 1. The van der Waals surface area contributed by atoms with Crippen molar-refractivity contribution in [2.75, 3.05) is 26.2 Å². The Balaban J connectivity index is 2.13. The van der Waals surface area contributed by atoms with Gasteiger partial charge < -0.3 is 5.32 Å². The van der Waals surface area contributed by atoms with Crippen LogP contribution in [0, 0.1) is 11.3 Å². The smallest absolute Gasteiger partial charge is 0.0978 e. The Bertz CT molecular complexity index is 204. The fourth-order valence-electron chi connectivity index (χ4n) is 2.26. The van der Waals surface area contributed by atoms with E-state index in [4.69, 9.17) is 5.26 Å². The Morgan fingerprint density at radius 2 is 1.88 bits per heavy atom. The lowest BCUT2D eigenvalue weighted by Gasteiger charge is -2.31. The van der Waals surface area contributed by atoms with Crippen LogP contribution >= 0.6 is 0 Å². The third-order valence-corrected chi connectivity index (χ3v) is 3.32. The van der Waals surface area contributed by atoms with Gasteiger partial charge in [-0.15, -0.1) is 0 Å². The summed E-state index contributed by atoms with van der Waals surface area (Å²) < 4.78 is 0. The summed E-state index contributed by atoms with van der Waals surface area (Å²) in [6.45, 7) is 6.38. The first-order chi connectivity index (χ1) is 7.88. The molecule has 0 radical (unpaired) electrons. The zero-order valence-electron chi connectivity index (χ0n) is 10.5. The second kappa shape index (κ2) is 8.55. The molecule has 0 spiro atoms. The average Bonchev–Trinajstić information content (AvgIpc) is 2.35. The highest BCUT2D eigenvalue weighted by Gasteiger charge is 2.19. The van der Waals surface area contributed by atoms with Crippen LogP contribution < -0.4 is 5.32 Å². The third-order valence-electron chi connectivity index (χ3n) is 3.32. The molecular weight excluding hydrogens is 198 g/mol. The maximum absolute atomic E-state index is 9.17. The zero-order valence-corrected chi connectivity index (χ0v) is 10.5. The number of hydrogen-bond acceptors (Lipinski definition) is 3. The van der Waals surface area contributed by atoms with Crippen LogP contribution in [0.15, 0.2) is 0 Å². The molecule has 1 fully saturated rings. The summed E-state index contributed by atoms with van der Waals surface area (Å²) in [4.78, 5) is 2.33.